The highest BCUT2D eigenvalue weighted by Crippen LogP contribution is 2.62. The van der Waals surface area contributed by atoms with Crippen molar-refractivity contribution in [3.63, 3.8) is 0 Å². The van der Waals surface area contributed by atoms with Gasteiger partial charge < -0.3 is 5.11 Å². The number of hydrogen-bond acceptors (Lipinski definition) is 3. The molecule has 0 aliphatic heterocycles. The summed E-state index contributed by atoms with van der Waals surface area (Å²) in [5.74, 6) is -1.27. The van der Waals surface area contributed by atoms with Crippen molar-refractivity contribution in [1.82, 2.24) is 0 Å². The fourth-order valence-corrected chi connectivity index (χ4v) is 7.10. The van der Waals surface area contributed by atoms with E-state index in [4.69, 9.17) is 0 Å². The molecule has 2 N–H and O–H groups in total. The number of allylic oxidation sites excluding steroid dienone is 4. The summed E-state index contributed by atoms with van der Waals surface area (Å²) in [4.78, 5) is 12.2. The smallest absolute Gasteiger partial charge is 0.311 e. The zero-order valence-corrected chi connectivity index (χ0v) is 16.7. The van der Waals surface area contributed by atoms with Gasteiger partial charge in [-0.15, -0.1) is 0 Å². The van der Waals surface area contributed by atoms with Gasteiger partial charge in [-0.05, 0) is 60.8 Å². The fourth-order valence-electron chi connectivity index (χ4n) is 5.98. The molecule has 0 aromatic carbocycles. The van der Waals surface area contributed by atoms with Crippen molar-refractivity contribution in [1.29, 1.82) is 0 Å². The van der Waals surface area contributed by atoms with Crippen LogP contribution in [0.25, 0.3) is 0 Å². The summed E-state index contributed by atoms with van der Waals surface area (Å²) >= 11 is 0. The van der Waals surface area contributed by atoms with Gasteiger partial charge in [0.1, 0.15) is 0 Å². The molecule has 6 heteroatoms. The SMILES string of the molecule is CC(C)C1=CC2=CCC3[C@](CS(=O)(=O)O)(C(=O)O)CCC[C@]3(C)[C@H]2CC1. The van der Waals surface area contributed by atoms with E-state index in [9.17, 15) is 22.9 Å². The van der Waals surface area contributed by atoms with Crippen LogP contribution in [0.1, 0.15) is 59.3 Å². The van der Waals surface area contributed by atoms with Crippen molar-refractivity contribution in [3.05, 3.63) is 23.3 Å². The molecule has 0 saturated heterocycles. The van der Waals surface area contributed by atoms with Gasteiger partial charge in [-0.3, -0.25) is 9.35 Å². The van der Waals surface area contributed by atoms with E-state index in [1.807, 2.05) is 0 Å². The Kier molecular flexibility index (Phi) is 4.89. The normalized spacial score (nSPS) is 37.4. The molecule has 26 heavy (non-hydrogen) atoms. The topological polar surface area (TPSA) is 91.7 Å². The standard InChI is InChI=1S/C20H30O5S/c1-13(2)14-5-7-16-15(11-14)6-8-17-19(16,3)9-4-10-20(17,18(21)22)12-26(23,24)25/h6,11,13,16-17H,4-5,7-10,12H2,1-3H3,(H,21,22)(H,23,24,25)/t16-,17?,19+,20-/m0/s1. The second-order valence-corrected chi connectivity index (χ2v) is 10.5. The van der Waals surface area contributed by atoms with E-state index in [-0.39, 0.29) is 17.3 Å². The predicted octanol–water partition coefficient (Wildman–Crippen LogP) is 4.07. The van der Waals surface area contributed by atoms with Gasteiger partial charge in [-0.25, -0.2) is 0 Å². The Bertz CT molecular complexity index is 763. The van der Waals surface area contributed by atoms with E-state index in [0.29, 0.717) is 25.2 Å². The minimum Gasteiger partial charge on any atom is -0.481 e. The first kappa shape index (κ1) is 19.6. The molecule has 146 valence electrons. The zero-order valence-electron chi connectivity index (χ0n) is 15.9. The lowest BCUT2D eigenvalue weighted by atomic mass is 9.47. The van der Waals surface area contributed by atoms with Crippen molar-refractivity contribution < 1.29 is 22.9 Å². The van der Waals surface area contributed by atoms with Crippen molar-refractivity contribution in [3.8, 4) is 0 Å². The van der Waals surface area contributed by atoms with Crippen LogP contribution in [0.3, 0.4) is 0 Å². The molecule has 1 saturated carbocycles. The van der Waals surface area contributed by atoms with Crippen molar-refractivity contribution in [2.45, 2.75) is 59.3 Å². The van der Waals surface area contributed by atoms with Gasteiger partial charge in [0.05, 0.1) is 11.2 Å². The number of carbonyl (C=O) groups is 1. The first-order valence-electron chi connectivity index (χ1n) is 9.59. The molecule has 5 nitrogen and oxygen atoms in total. The first-order valence-corrected chi connectivity index (χ1v) is 11.2. The molecule has 1 fully saturated rings. The van der Waals surface area contributed by atoms with Gasteiger partial charge >= 0.3 is 5.97 Å². The molecule has 0 spiro atoms. The van der Waals surface area contributed by atoms with Gasteiger partial charge in [0.15, 0.2) is 0 Å². The Labute approximate surface area is 156 Å². The zero-order chi connectivity index (χ0) is 19.3. The van der Waals surface area contributed by atoms with Crippen molar-refractivity contribution >= 4 is 16.1 Å². The largest absolute Gasteiger partial charge is 0.481 e. The predicted molar refractivity (Wildman–Crippen MR) is 100 cm³/mol. The molecular weight excluding hydrogens is 352 g/mol. The molecule has 0 bridgehead atoms. The highest BCUT2D eigenvalue weighted by atomic mass is 32.2. The highest BCUT2D eigenvalue weighted by Gasteiger charge is 2.60. The molecule has 4 atom stereocenters. The summed E-state index contributed by atoms with van der Waals surface area (Å²) in [7, 11) is -4.37. The number of aliphatic carboxylic acids is 1. The van der Waals surface area contributed by atoms with Crippen LogP contribution in [0.4, 0.5) is 0 Å². The summed E-state index contributed by atoms with van der Waals surface area (Å²) in [6.45, 7) is 6.54. The molecule has 3 rings (SSSR count). The molecule has 0 amide bonds. The molecular formula is C20H30O5S. The van der Waals surface area contributed by atoms with E-state index in [1.165, 1.54) is 11.1 Å². The van der Waals surface area contributed by atoms with E-state index >= 15 is 0 Å². The van der Waals surface area contributed by atoms with E-state index in [2.05, 4.69) is 32.9 Å². The van der Waals surface area contributed by atoms with E-state index in [1.54, 1.807) is 0 Å². The van der Waals surface area contributed by atoms with Crippen LogP contribution < -0.4 is 0 Å². The van der Waals surface area contributed by atoms with Crippen LogP contribution in [0.15, 0.2) is 23.3 Å². The fraction of sp³-hybridized carbons (Fsp3) is 0.750. The molecule has 0 radical (unpaired) electrons. The Hall–Kier alpha value is -1.14. The maximum Gasteiger partial charge on any atom is 0.311 e. The maximum atomic E-state index is 12.2. The van der Waals surface area contributed by atoms with Crippen LogP contribution in [0.2, 0.25) is 0 Å². The second kappa shape index (κ2) is 6.48. The summed E-state index contributed by atoms with van der Waals surface area (Å²) in [5.41, 5.74) is 1.09. The lowest BCUT2D eigenvalue weighted by Gasteiger charge is -2.57. The Balaban J connectivity index is 2.06. The average Bonchev–Trinajstić information content (AvgIpc) is 2.52. The number of carboxylic acid groups (broad SMARTS) is 1. The number of carboxylic acids is 1. The minimum atomic E-state index is -4.37. The average molecular weight is 383 g/mol. The van der Waals surface area contributed by atoms with Crippen LogP contribution in [-0.2, 0) is 14.9 Å². The van der Waals surface area contributed by atoms with Crippen LogP contribution >= 0.6 is 0 Å². The van der Waals surface area contributed by atoms with E-state index < -0.39 is 27.3 Å². The van der Waals surface area contributed by atoms with Crippen molar-refractivity contribution in [2.75, 3.05) is 5.75 Å². The third kappa shape index (κ3) is 3.15. The second-order valence-electron chi connectivity index (χ2n) is 9.00. The van der Waals surface area contributed by atoms with Gasteiger partial charge in [-0.1, -0.05) is 44.9 Å². The summed E-state index contributed by atoms with van der Waals surface area (Å²) in [6.07, 6.45) is 8.89. The van der Waals surface area contributed by atoms with E-state index in [0.717, 1.165) is 19.3 Å². The Morgan fingerprint density at radius 2 is 2.04 bits per heavy atom. The lowest BCUT2D eigenvalue weighted by molar-refractivity contribution is -0.162. The quantitative estimate of drug-likeness (QED) is 0.715. The minimum absolute atomic E-state index is 0.246. The monoisotopic (exact) mass is 382 g/mol. The van der Waals surface area contributed by atoms with Gasteiger partial charge in [0.25, 0.3) is 10.1 Å². The van der Waals surface area contributed by atoms with Crippen LogP contribution in [0, 0.1) is 28.6 Å². The molecule has 0 aromatic heterocycles. The van der Waals surface area contributed by atoms with Crippen LogP contribution in [0.5, 0.6) is 0 Å². The third-order valence-electron chi connectivity index (χ3n) is 7.27. The molecule has 0 heterocycles. The summed E-state index contributed by atoms with van der Waals surface area (Å²) in [6, 6.07) is 0. The highest BCUT2D eigenvalue weighted by molar-refractivity contribution is 7.85. The molecule has 0 aromatic rings. The number of hydrogen-bond donors (Lipinski definition) is 2. The van der Waals surface area contributed by atoms with Gasteiger partial charge in [0.2, 0.25) is 0 Å². The third-order valence-corrected chi connectivity index (χ3v) is 8.15. The molecule has 3 aliphatic carbocycles. The summed E-state index contributed by atoms with van der Waals surface area (Å²) < 4.78 is 32.8. The number of rotatable bonds is 4. The van der Waals surface area contributed by atoms with Gasteiger partial charge in [-0.2, -0.15) is 8.42 Å². The lowest BCUT2D eigenvalue weighted by Crippen LogP contribution is -2.56. The maximum absolute atomic E-state index is 12.2. The number of fused-ring (bicyclic) bond motifs is 3. The van der Waals surface area contributed by atoms with Crippen LogP contribution in [-0.4, -0.2) is 29.8 Å². The van der Waals surface area contributed by atoms with Crippen molar-refractivity contribution in [2.24, 2.45) is 28.6 Å². The first-order chi connectivity index (χ1) is 12.0. The Morgan fingerprint density at radius 1 is 1.35 bits per heavy atom. The summed E-state index contributed by atoms with van der Waals surface area (Å²) in [5, 5.41) is 10.0. The molecule has 3 aliphatic rings. The van der Waals surface area contributed by atoms with Gasteiger partial charge in [0, 0.05) is 0 Å². The Morgan fingerprint density at radius 3 is 2.62 bits per heavy atom. The molecule has 1 unspecified atom stereocenters.